The minimum absolute atomic E-state index is 0.232. The molecule has 0 saturated carbocycles. The summed E-state index contributed by atoms with van der Waals surface area (Å²) in [6, 6.07) is -0.542. The van der Waals surface area contributed by atoms with Crippen LogP contribution in [0.25, 0.3) is 0 Å². The summed E-state index contributed by atoms with van der Waals surface area (Å²) >= 11 is 4.10. The van der Waals surface area contributed by atoms with E-state index in [4.69, 9.17) is 0 Å². The van der Waals surface area contributed by atoms with E-state index in [1.54, 1.807) is 13.0 Å². The minimum Gasteiger partial charge on any atom is -0.373 e. The predicted molar refractivity (Wildman–Crippen MR) is 58.2 cm³/mol. The van der Waals surface area contributed by atoms with Gasteiger partial charge < -0.3 is 5.11 Å². The lowest BCUT2D eigenvalue weighted by molar-refractivity contribution is -0.123. The van der Waals surface area contributed by atoms with Crippen molar-refractivity contribution in [1.29, 1.82) is 0 Å². The number of aliphatic hydroxyl groups is 1. The first-order valence-corrected chi connectivity index (χ1v) is 5.09. The Kier molecular flexibility index (Phi) is 3.76. The molecule has 3 amide bonds. The van der Waals surface area contributed by atoms with Gasteiger partial charge in [-0.25, -0.2) is 4.79 Å². The van der Waals surface area contributed by atoms with Crippen molar-refractivity contribution in [2.45, 2.75) is 24.9 Å². The molecule has 0 spiro atoms. The van der Waals surface area contributed by atoms with E-state index in [1.165, 1.54) is 13.1 Å². The molecule has 0 aromatic carbocycles. The molecule has 1 rings (SSSR count). The SMILES string of the molecule is CC(S)N1C(=O)N(C)C(=O)C=CCC1O. The summed E-state index contributed by atoms with van der Waals surface area (Å²) in [7, 11) is 1.37. The van der Waals surface area contributed by atoms with Crippen LogP contribution in [0.15, 0.2) is 12.2 Å². The number of aliphatic hydroxyl groups excluding tert-OH is 1. The van der Waals surface area contributed by atoms with Crippen molar-refractivity contribution < 1.29 is 14.7 Å². The van der Waals surface area contributed by atoms with Crippen LogP contribution in [0.1, 0.15) is 13.3 Å². The number of carbonyl (C=O) groups excluding carboxylic acids is 2. The molecule has 0 fully saturated rings. The molecule has 2 atom stereocenters. The molecule has 1 heterocycles. The summed E-state index contributed by atoms with van der Waals surface area (Å²) in [5.74, 6) is -0.397. The fourth-order valence-electron chi connectivity index (χ4n) is 1.32. The molecule has 84 valence electrons. The fraction of sp³-hybridized carbons (Fsp3) is 0.556. The first-order chi connectivity index (χ1) is 6.95. The quantitative estimate of drug-likeness (QED) is 0.642. The molecule has 6 heteroatoms. The van der Waals surface area contributed by atoms with Gasteiger partial charge in [0, 0.05) is 13.5 Å². The summed E-state index contributed by atoms with van der Waals surface area (Å²) in [4.78, 5) is 25.2. The Morgan fingerprint density at radius 2 is 2.20 bits per heavy atom. The Balaban J connectivity index is 3.00. The normalized spacial score (nSPS) is 25.2. The smallest absolute Gasteiger partial charge is 0.329 e. The number of thiol groups is 1. The van der Waals surface area contributed by atoms with Crippen molar-refractivity contribution >= 4 is 24.6 Å². The lowest BCUT2D eigenvalue weighted by atomic mass is 10.2. The Morgan fingerprint density at radius 1 is 1.60 bits per heavy atom. The zero-order chi connectivity index (χ0) is 11.6. The third kappa shape index (κ3) is 2.51. The van der Waals surface area contributed by atoms with Crippen LogP contribution in [-0.4, -0.2) is 45.5 Å². The second kappa shape index (κ2) is 4.67. The van der Waals surface area contributed by atoms with Gasteiger partial charge in [-0.1, -0.05) is 6.08 Å². The van der Waals surface area contributed by atoms with E-state index in [-0.39, 0.29) is 6.42 Å². The molecule has 15 heavy (non-hydrogen) atoms. The lowest BCUT2D eigenvalue weighted by Gasteiger charge is -2.34. The number of amides is 3. The molecule has 1 N–H and O–H groups in total. The van der Waals surface area contributed by atoms with E-state index in [2.05, 4.69) is 12.6 Å². The first-order valence-electron chi connectivity index (χ1n) is 4.57. The number of carbonyl (C=O) groups is 2. The van der Waals surface area contributed by atoms with Crippen LogP contribution in [0.3, 0.4) is 0 Å². The van der Waals surface area contributed by atoms with Crippen LogP contribution >= 0.6 is 12.6 Å². The molecule has 0 bridgehead atoms. The van der Waals surface area contributed by atoms with Crippen molar-refractivity contribution in [1.82, 2.24) is 9.80 Å². The Morgan fingerprint density at radius 3 is 2.73 bits per heavy atom. The molecule has 0 aromatic rings. The lowest BCUT2D eigenvalue weighted by Crippen LogP contribution is -2.51. The van der Waals surface area contributed by atoms with Gasteiger partial charge in [-0.15, -0.1) is 0 Å². The van der Waals surface area contributed by atoms with Crippen LogP contribution in [0, 0.1) is 0 Å². The molecule has 2 unspecified atom stereocenters. The van der Waals surface area contributed by atoms with Gasteiger partial charge >= 0.3 is 6.03 Å². The minimum atomic E-state index is -0.947. The van der Waals surface area contributed by atoms with Crippen molar-refractivity contribution in [3.05, 3.63) is 12.2 Å². The Bertz CT molecular complexity index is 304. The highest BCUT2D eigenvalue weighted by Gasteiger charge is 2.30. The third-order valence-corrected chi connectivity index (χ3v) is 2.42. The summed E-state index contributed by atoms with van der Waals surface area (Å²) in [6.07, 6.45) is 2.11. The standard InChI is InChI=1S/C9H14N2O3S/c1-6(15)11-8(13)5-3-4-7(12)10(2)9(11)14/h3-4,6,8,13,15H,5H2,1-2H3. The van der Waals surface area contributed by atoms with Crippen molar-refractivity contribution in [3.63, 3.8) is 0 Å². The molecule has 1 aliphatic heterocycles. The molecule has 0 radical (unpaired) electrons. The van der Waals surface area contributed by atoms with E-state index in [0.29, 0.717) is 0 Å². The van der Waals surface area contributed by atoms with E-state index >= 15 is 0 Å². The van der Waals surface area contributed by atoms with Gasteiger partial charge in [0.15, 0.2) is 0 Å². The highest BCUT2D eigenvalue weighted by atomic mass is 32.1. The average molecular weight is 230 g/mol. The molecule has 0 saturated heterocycles. The number of urea groups is 1. The van der Waals surface area contributed by atoms with E-state index in [1.807, 2.05) is 0 Å². The highest BCUT2D eigenvalue weighted by molar-refractivity contribution is 7.80. The molecular weight excluding hydrogens is 216 g/mol. The zero-order valence-corrected chi connectivity index (χ0v) is 9.52. The third-order valence-electron chi connectivity index (χ3n) is 2.17. The zero-order valence-electron chi connectivity index (χ0n) is 8.62. The van der Waals surface area contributed by atoms with E-state index in [0.717, 1.165) is 9.80 Å². The topological polar surface area (TPSA) is 60.9 Å². The highest BCUT2D eigenvalue weighted by Crippen LogP contribution is 2.15. The van der Waals surface area contributed by atoms with Gasteiger partial charge in [-0.05, 0) is 13.0 Å². The molecule has 0 aromatic heterocycles. The van der Waals surface area contributed by atoms with Crippen molar-refractivity contribution in [2.75, 3.05) is 7.05 Å². The van der Waals surface area contributed by atoms with Gasteiger partial charge in [0.05, 0.1) is 5.37 Å². The van der Waals surface area contributed by atoms with Crippen LogP contribution < -0.4 is 0 Å². The maximum absolute atomic E-state index is 11.7. The number of rotatable bonds is 1. The predicted octanol–water partition coefficient (Wildman–Crippen LogP) is 0.421. The fourth-order valence-corrected chi connectivity index (χ4v) is 1.57. The molecule has 0 aliphatic carbocycles. The monoisotopic (exact) mass is 230 g/mol. The summed E-state index contributed by atoms with van der Waals surface area (Å²) in [5.41, 5.74) is 0. The summed E-state index contributed by atoms with van der Waals surface area (Å²) in [5, 5.41) is 9.24. The maximum Gasteiger partial charge on any atom is 0.329 e. The van der Waals surface area contributed by atoms with Crippen LogP contribution in [-0.2, 0) is 4.79 Å². The number of imide groups is 1. The second-order valence-corrected chi connectivity index (χ2v) is 4.08. The van der Waals surface area contributed by atoms with Gasteiger partial charge in [0.2, 0.25) is 0 Å². The van der Waals surface area contributed by atoms with Crippen molar-refractivity contribution in [2.24, 2.45) is 0 Å². The molecular formula is C9H14N2O3S. The van der Waals surface area contributed by atoms with Gasteiger partial charge in [-0.2, -0.15) is 12.6 Å². The number of likely N-dealkylation sites (N-methyl/N-ethyl adjacent to an activating group) is 1. The van der Waals surface area contributed by atoms with E-state index < -0.39 is 23.5 Å². The average Bonchev–Trinajstić information content (AvgIpc) is 2.14. The second-order valence-electron chi connectivity index (χ2n) is 3.34. The Labute approximate surface area is 93.8 Å². The number of hydrogen-bond acceptors (Lipinski definition) is 4. The molecule has 1 aliphatic rings. The Hall–Kier alpha value is -1.01. The van der Waals surface area contributed by atoms with Gasteiger partial charge in [0.25, 0.3) is 5.91 Å². The van der Waals surface area contributed by atoms with Crippen LogP contribution in [0.4, 0.5) is 4.79 Å². The first kappa shape index (κ1) is 12.1. The largest absolute Gasteiger partial charge is 0.373 e. The van der Waals surface area contributed by atoms with Crippen LogP contribution in [0.5, 0.6) is 0 Å². The molecule has 5 nitrogen and oxygen atoms in total. The summed E-state index contributed by atoms with van der Waals surface area (Å²) < 4.78 is 0. The van der Waals surface area contributed by atoms with Crippen LogP contribution in [0.2, 0.25) is 0 Å². The number of nitrogens with zero attached hydrogens (tertiary/aromatic N) is 2. The maximum atomic E-state index is 11.7. The van der Waals surface area contributed by atoms with Gasteiger partial charge in [-0.3, -0.25) is 14.6 Å². The summed E-state index contributed by atoms with van der Waals surface area (Å²) in [6.45, 7) is 1.66. The van der Waals surface area contributed by atoms with Crippen molar-refractivity contribution in [3.8, 4) is 0 Å². The van der Waals surface area contributed by atoms with Gasteiger partial charge in [0.1, 0.15) is 6.23 Å². The van der Waals surface area contributed by atoms with E-state index in [9.17, 15) is 14.7 Å². The number of hydrogen-bond donors (Lipinski definition) is 2.